The molecule has 0 bridgehead atoms. The van der Waals surface area contributed by atoms with E-state index in [2.05, 4.69) is 127 Å². The summed E-state index contributed by atoms with van der Waals surface area (Å²) in [6, 6.07) is 42.8. The van der Waals surface area contributed by atoms with Gasteiger partial charge in [0.05, 0.1) is 0 Å². The van der Waals surface area contributed by atoms with Gasteiger partial charge in [-0.3, -0.25) is 0 Å². The molecule has 0 spiro atoms. The molecule has 5 rings (SSSR count). The smallest absolute Gasteiger partial charge is 1.00 e. The summed E-state index contributed by atoms with van der Waals surface area (Å²) in [6.07, 6.45) is 3.86. The SMILES string of the molecule is C=O.C=O.[C-]1=C(c2ccccc2)C(c2ccccc2)=C(c2ccccc2)C1c1ccccc1.[Cl-].[Cl-].[Cl-].[Ru+4]. The molecular formula is C31H25Cl3O2Ru. The van der Waals surface area contributed by atoms with E-state index in [1.54, 1.807) is 0 Å². The number of hydrogen-bond donors (Lipinski definition) is 0. The third kappa shape index (κ3) is 8.63. The summed E-state index contributed by atoms with van der Waals surface area (Å²) in [5.74, 6) is 0.101. The second kappa shape index (κ2) is 19.3. The predicted molar refractivity (Wildman–Crippen MR) is 136 cm³/mol. The Morgan fingerprint density at radius 3 is 1.27 bits per heavy atom. The molecule has 2 nitrogen and oxygen atoms in total. The van der Waals surface area contributed by atoms with E-state index in [-0.39, 0.29) is 62.6 Å². The maximum atomic E-state index is 8.00. The molecule has 0 saturated carbocycles. The van der Waals surface area contributed by atoms with E-state index in [0.29, 0.717) is 0 Å². The topological polar surface area (TPSA) is 34.1 Å². The van der Waals surface area contributed by atoms with Gasteiger partial charge in [0.1, 0.15) is 13.6 Å². The molecule has 0 aliphatic heterocycles. The number of benzene rings is 4. The Morgan fingerprint density at radius 2 is 0.838 bits per heavy atom. The van der Waals surface area contributed by atoms with E-state index in [4.69, 9.17) is 9.59 Å². The van der Waals surface area contributed by atoms with Crippen molar-refractivity contribution in [3.05, 3.63) is 150 Å². The largest absolute Gasteiger partial charge is 4.00 e. The maximum Gasteiger partial charge on any atom is 4.00 e. The zero-order valence-electron chi connectivity index (χ0n) is 19.8. The van der Waals surface area contributed by atoms with Crippen LogP contribution >= 0.6 is 0 Å². The first-order chi connectivity index (χ1) is 16.4. The van der Waals surface area contributed by atoms with Gasteiger partial charge >= 0.3 is 19.5 Å². The van der Waals surface area contributed by atoms with Crippen molar-refractivity contribution in [2.24, 2.45) is 0 Å². The summed E-state index contributed by atoms with van der Waals surface area (Å²) in [5.41, 5.74) is 8.74. The molecule has 1 unspecified atom stereocenters. The third-order valence-electron chi connectivity index (χ3n) is 5.44. The average Bonchev–Trinajstić information content (AvgIpc) is 3.34. The van der Waals surface area contributed by atoms with Crippen molar-refractivity contribution in [2.75, 3.05) is 0 Å². The first kappa shape index (κ1) is 36.4. The number of hydrogen-bond acceptors (Lipinski definition) is 2. The van der Waals surface area contributed by atoms with Crippen LogP contribution in [-0.2, 0) is 29.1 Å². The predicted octanol–water partition coefficient (Wildman–Crippen LogP) is -2.08. The molecule has 0 N–H and O–H groups in total. The van der Waals surface area contributed by atoms with Crippen LogP contribution in [0.4, 0.5) is 0 Å². The number of carbonyl (C=O) groups is 2. The molecule has 0 aromatic heterocycles. The van der Waals surface area contributed by atoms with E-state index < -0.39 is 0 Å². The van der Waals surface area contributed by atoms with Crippen LogP contribution in [0, 0.1) is 6.08 Å². The van der Waals surface area contributed by atoms with Crippen LogP contribution in [0.25, 0.3) is 16.7 Å². The van der Waals surface area contributed by atoms with Gasteiger partial charge in [0.25, 0.3) is 0 Å². The normalized spacial score (nSPS) is 12.8. The summed E-state index contributed by atoms with van der Waals surface area (Å²) in [7, 11) is 0. The minimum atomic E-state index is 0. The van der Waals surface area contributed by atoms with Crippen molar-refractivity contribution in [3.8, 4) is 0 Å². The van der Waals surface area contributed by atoms with Crippen LogP contribution in [-0.4, -0.2) is 13.6 Å². The van der Waals surface area contributed by atoms with Gasteiger partial charge in [-0.15, -0.1) is 23.3 Å². The minimum absolute atomic E-state index is 0. The monoisotopic (exact) mass is 636 g/mol. The van der Waals surface area contributed by atoms with E-state index in [1.807, 2.05) is 13.6 Å². The Balaban J connectivity index is 0. The Morgan fingerprint density at radius 1 is 0.486 bits per heavy atom. The Hall–Kier alpha value is -2.81. The quantitative estimate of drug-likeness (QED) is 0.191. The van der Waals surface area contributed by atoms with Crippen molar-refractivity contribution < 1.29 is 66.3 Å². The molecule has 1 aliphatic carbocycles. The average molecular weight is 637 g/mol. The van der Waals surface area contributed by atoms with Crippen LogP contribution in [0.15, 0.2) is 121 Å². The van der Waals surface area contributed by atoms with Crippen LogP contribution in [0.2, 0.25) is 0 Å². The molecule has 190 valence electrons. The Bertz CT molecular complexity index is 1210. The summed E-state index contributed by atoms with van der Waals surface area (Å²) < 4.78 is 0. The fraction of sp³-hybridized carbons (Fsp3) is 0.0323. The standard InChI is InChI=1S/C29H21.2CH2O.3ClH.Ru/c1-5-13-22(14-6-1)26-21-27(23-15-7-2-8-16-23)29(25-19-11-4-12-20-25)28(26)24-17-9-3-10-18-24;2*1-2;;;;/h1-20,26H;2*1H2;3*1H;/q-1;;;;;;+4/p-3. The first-order valence-electron chi connectivity index (χ1n) is 10.6. The molecule has 0 heterocycles. The van der Waals surface area contributed by atoms with E-state index >= 15 is 0 Å². The van der Waals surface area contributed by atoms with Crippen LogP contribution in [0.3, 0.4) is 0 Å². The van der Waals surface area contributed by atoms with Gasteiger partial charge < -0.3 is 46.8 Å². The van der Waals surface area contributed by atoms with E-state index in [9.17, 15) is 0 Å². The van der Waals surface area contributed by atoms with Gasteiger partial charge in [-0.2, -0.15) is 11.6 Å². The van der Waals surface area contributed by atoms with Crippen molar-refractivity contribution >= 4 is 30.3 Å². The molecule has 0 amide bonds. The Labute approximate surface area is 250 Å². The summed E-state index contributed by atoms with van der Waals surface area (Å²) in [4.78, 5) is 16.0. The molecule has 1 atom stereocenters. The van der Waals surface area contributed by atoms with Gasteiger partial charge in [0.15, 0.2) is 0 Å². The van der Waals surface area contributed by atoms with Gasteiger partial charge in [0.2, 0.25) is 0 Å². The summed E-state index contributed by atoms with van der Waals surface area (Å²) in [5, 5.41) is 0. The molecule has 4 aromatic rings. The second-order valence-corrected chi connectivity index (χ2v) is 7.25. The van der Waals surface area contributed by atoms with Crippen LogP contribution < -0.4 is 37.2 Å². The number of halogens is 3. The van der Waals surface area contributed by atoms with Gasteiger partial charge in [-0.1, -0.05) is 120 Å². The fourth-order valence-corrected chi connectivity index (χ4v) is 4.13. The first-order valence-corrected chi connectivity index (χ1v) is 10.6. The number of allylic oxidation sites excluding steroid dienone is 4. The van der Waals surface area contributed by atoms with Crippen molar-refractivity contribution in [1.29, 1.82) is 0 Å². The summed E-state index contributed by atoms with van der Waals surface area (Å²) in [6.45, 7) is 4.00. The summed E-state index contributed by atoms with van der Waals surface area (Å²) >= 11 is 0. The number of carbonyl (C=O) groups excluding carboxylic acids is 2. The second-order valence-electron chi connectivity index (χ2n) is 7.25. The zero-order valence-corrected chi connectivity index (χ0v) is 23.8. The molecule has 0 saturated heterocycles. The molecule has 37 heavy (non-hydrogen) atoms. The molecule has 6 heteroatoms. The van der Waals surface area contributed by atoms with E-state index in [0.717, 1.165) is 0 Å². The fourth-order valence-electron chi connectivity index (χ4n) is 4.13. The van der Waals surface area contributed by atoms with Crippen LogP contribution in [0.1, 0.15) is 28.2 Å². The van der Waals surface area contributed by atoms with E-state index in [1.165, 1.54) is 39.0 Å². The van der Waals surface area contributed by atoms with Gasteiger partial charge in [-0.25, -0.2) is 0 Å². The van der Waals surface area contributed by atoms with Crippen molar-refractivity contribution in [3.63, 3.8) is 0 Å². The maximum absolute atomic E-state index is 8.00. The molecule has 4 aromatic carbocycles. The zero-order chi connectivity index (χ0) is 23.5. The molecular weight excluding hydrogens is 612 g/mol. The van der Waals surface area contributed by atoms with Crippen LogP contribution in [0.5, 0.6) is 0 Å². The molecule has 1 aliphatic rings. The van der Waals surface area contributed by atoms with Gasteiger partial charge in [0, 0.05) is 0 Å². The van der Waals surface area contributed by atoms with Gasteiger partial charge in [-0.05, 0) is 17.0 Å². The van der Waals surface area contributed by atoms with Crippen molar-refractivity contribution in [1.82, 2.24) is 0 Å². The number of rotatable bonds is 4. The Kier molecular flexibility index (Phi) is 19.0. The van der Waals surface area contributed by atoms with Crippen molar-refractivity contribution in [2.45, 2.75) is 5.92 Å². The minimum Gasteiger partial charge on any atom is -1.00 e. The molecule has 0 radical (unpaired) electrons. The third-order valence-corrected chi connectivity index (χ3v) is 5.44. The molecule has 0 fully saturated rings.